The van der Waals surface area contributed by atoms with Gasteiger partial charge in [-0.1, -0.05) is 170 Å². The van der Waals surface area contributed by atoms with Crippen LogP contribution < -0.4 is 4.90 Å². The van der Waals surface area contributed by atoms with Crippen molar-refractivity contribution in [2.75, 3.05) is 4.90 Å². The van der Waals surface area contributed by atoms with Crippen LogP contribution >= 0.6 is 0 Å². The standard InChI is InChI=1S/C50H35N/c1-3-12-36(13-4-1)38-24-29-45(30-25-38)51(47-20-11-19-43(35-47)44-23-22-37-14-7-8-18-42(37)34-44)46-31-26-41(27-32-46)50-48-21-10-9-17-40(48)28-33-49(50)39-15-5-2-6-16-39/h1-35H/i1D,3D,4D,11D,12D,13D,19D,20D,24D,25D,29D,30D,35D. The molecule has 240 valence electrons. The van der Waals surface area contributed by atoms with Crippen LogP contribution in [0.15, 0.2) is 212 Å². The highest BCUT2D eigenvalue weighted by Gasteiger charge is 2.17. The number of fused-ring (bicyclic) bond motifs is 2. The highest BCUT2D eigenvalue weighted by atomic mass is 15.1. The summed E-state index contributed by atoms with van der Waals surface area (Å²) in [6, 6.07) is 33.6. The van der Waals surface area contributed by atoms with Crippen molar-refractivity contribution in [1.82, 2.24) is 0 Å². The summed E-state index contributed by atoms with van der Waals surface area (Å²) in [6.07, 6.45) is 0. The van der Waals surface area contributed by atoms with E-state index in [1.165, 1.54) is 4.90 Å². The van der Waals surface area contributed by atoms with Crippen molar-refractivity contribution in [2.24, 2.45) is 0 Å². The van der Waals surface area contributed by atoms with Crippen LogP contribution in [0.4, 0.5) is 17.1 Å². The van der Waals surface area contributed by atoms with Gasteiger partial charge in [0.05, 0.1) is 17.8 Å². The average molecular weight is 663 g/mol. The molecule has 0 saturated heterocycles. The van der Waals surface area contributed by atoms with Gasteiger partial charge in [-0.3, -0.25) is 0 Å². The summed E-state index contributed by atoms with van der Waals surface area (Å²) in [6.45, 7) is 0. The molecule has 0 aromatic heterocycles. The topological polar surface area (TPSA) is 3.24 Å². The Hall–Kier alpha value is -6.70. The second-order valence-electron chi connectivity index (χ2n) is 12.0. The van der Waals surface area contributed by atoms with Crippen molar-refractivity contribution in [1.29, 1.82) is 0 Å². The summed E-state index contributed by atoms with van der Waals surface area (Å²) in [5.41, 5.74) is 2.53. The summed E-state index contributed by atoms with van der Waals surface area (Å²) < 4.78 is 117. The molecular formula is C50H35N. The Kier molecular flexibility index (Phi) is 5.08. The maximum atomic E-state index is 9.75. The van der Waals surface area contributed by atoms with Gasteiger partial charge in [-0.05, 0) is 108 Å². The lowest BCUT2D eigenvalue weighted by Gasteiger charge is -2.27. The fourth-order valence-corrected chi connectivity index (χ4v) is 6.44. The molecule has 0 bridgehead atoms. The van der Waals surface area contributed by atoms with Crippen LogP contribution in [0.3, 0.4) is 0 Å². The lowest BCUT2D eigenvalue weighted by molar-refractivity contribution is 1.28. The quantitative estimate of drug-likeness (QED) is 0.164. The first-order valence-electron chi connectivity index (χ1n) is 23.0. The van der Waals surface area contributed by atoms with Crippen LogP contribution in [0.25, 0.3) is 66.1 Å². The highest BCUT2D eigenvalue weighted by molar-refractivity contribution is 6.04. The van der Waals surface area contributed by atoms with E-state index in [0.717, 1.165) is 43.8 Å². The van der Waals surface area contributed by atoms with Crippen molar-refractivity contribution in [3.8, 4) is 44.5 Å². The van der Waals surface area contributed by atoms with Gasteiger partial charge in [0, 0.05) is 17.1 Å². The van der Waals surface area contributed by atoms with E-state index in [1.807, 2.05) is 97.1 Å². The Bertz CT molecular complexity index is 3310. The zero-order valence-electron chi connectivity index (χ0n) is 40.1. The van der Waals surface area contributed by atoms with Crippen LogP contribution in [0.2, 0.25) is 0 Å². The zero-order valence-corrected chi connectivity index (χ0v) is 27.1. The van der Waals surface area contributed by atoms with Crippen LogP contribution in [-0.2, 0) is 0 Å². The van der Waals surface area contributed by atoms with Crippen LogP contribution in [0.1, 0.15) is 17.8 Å². The molecule has 0 aliphatic heterocycles. The molecule has 0 aliphatic rings. The molecule has 0 atom stereocenters. The monoisotopic (exact) mass is 662 g/mol. The van der Waals surface area contributed by atoms with Gasteiger partial charge in [0.15, 0.2) is 0 Å². The molecule has 1 nitrogen and oxygen atoms in total. The van der Waals surface area contributed by atoms with E-state index in [9.17, 15) is 8.22 Å². The third-order valence-electron chi connectivity index (χ3n) is 8.89. The van der Waals surface area contributed by atoms with E-state index >= 15 is 0 Å². The van der Waals surface area contributed by atoms with Gasteiger partial charge < -0.3 is 4.90 Å². The molecule has 0 heterocycles. The van der Waals surface area contributed by atoms with Gasteiger partial charge in [0.1, 0.15) is 0 Å². The molecule has 9 aromatic rings. The Balaban J connectivity index is 1.33. The van der Waals surface area contributed by atoms with Crippen molar-refractivity contribution in [3.63, 3.8) is 0 Å². The highest BCUT2D eigenvalue weighted by Crippen LogP contribution is 2.42. The lowest BCUT2D eigenvalue weighted by atomic mass is 9.89. The Morgan fingerprint density at radius 3 is 1.80 bits per heavy atom. The van der Waals surface area contributed by atoms with E-state index in [4.69, 9.17) is 9.60 Å². The fraction of sp³-hybridized carbons (Fsp3) is 0. The molecule has 0 fully saturated rings. The van der Waals surface area contributed by atoms with Gasteiger partial charge in [0.25, 0.3) is 0 Å². The Morgan fingerprint density at radius 2 is 1.00 bits per heavy atom. The van der Waals surface area contributed by atoms with Gasteiger partial charge >= 0.3 is 0 Å². The lowest BCUT2D eigenvalue weighted by Crippen LogP contribution is -2.10. The minimum absolute atomic E-state index is 0.0117. The van der Waals surface area contributed by atoms with Crippen molar-refractivity contribution in [3.05, 3.63) is 212 Å². The first-order chi connectivity index (χ1) is 30.7. The number of rotatable bonds is 7. The third kappa shape index (κ3) is 5.96. The molecule has 0 amide bonds. The Labute approximate surface area is 317 Å². The molecule has 0 radical (unpaired) electrons. The van der Waals surface area contributed by atoms with Gasteiger partial charge in [-0.15, -0.1) is 0 Å². The molecule has 0 aliphatic carbocycles. The SMILES string of the molecule is [2H]c1c([2H])c([2H])c(-c2c([2H])c([2H])c(N(c3ccc(-c4c(-c5ccccc5)ccc5ccccc45)cc3)c3c([2H])c([2H])c([2H])c(-c4ccc5ccccc5c4)c3[2H])c([2H])c2[2H])c([2H])c1[2H]. The molecular weight excluding hydrogens is 615 g/mol. The predicted molar refractivity (Wildman–Crippen MR) is 218 cm³/mol. The first-order valence-corrected chi connectivity index (χ1v) is 16.5. The number of nitrogens with zero attached hydrogens (tertiary/aromatic N) is 1. The van der Waals surface area contributed by atoms with Crippen molar-refractivity contribution in [2.45, 2.75) is 0 Å². The van der Waals surface area contributed by atoms with E-state index in [1.54, 1.807) is 24.3 Å². The van der Waals surface area contributed by atoms with E-state index in [-0.39, 0.29) is 29.0 Å². The minimum atomic E-state index is -0.726. The Morgan fingerprint density at radius 1 is 0.353 bits per heavy atom. The second-order valence-corrected chi connectivity index (χ2v) is 12.0. The summed E-state index contributed by atoms with van der Waals surface area (Å²) in [7, 11) is 0. The predicted octanol–water partition coefficient (Wildman–Crippen LogP) is 14.1. The van der Waals surface area contributed by atoms with Gasteiger partial charge in [0.2, 0.25) is 0 Å². The van der Waals surface area contributed by atoms with Gasteiger partial charge in [-0.25, -0.2) is 0 Å². The van der Waals surface area contributed by atoms with Crippen LogP contribution in [0.5, 0.6) is 0 Å². The summed E-state index contributed by atoms with van der Waals surface area (Å²) >= 11 is 0. The molecule has 9 aromatic carbocycles. The molecule has 0 N–H and O–H groups in total. The van der Waals surface area contributed by atoms with Gasteiger partial charge in [-0.2, -0.15) is 0 Å². The zero-order chi connectivity index (χ0) is 45.3. The number of hydrogen-bond donors (Lipinski definition) is 0. The summed E-state index contributed by atoms with van der Waals surface area (Å²) in [4.78, 5) is 1.23. The molecule has 51 heavy (non-hydrogen) atoms. The van der Waals surface area contributed by atoms with E-state index in [0.29, 0.717) is 5.56 Å². The molecule has 0 saturated carbocycles. The smallest absolute Gasteiger partial charge is 0.0651 e. The first kappa shape index (κ1) is 19.5. The van der Waals surface area contributed by atoms with E-state index < -0.39 is 83.3 Å². The fourth-order valence-electron chi connectivity index (χ4n) is 6.44. The van der Waals surface area contributed by atoms with Crippen LogP contribution in [-0.4, -0.2) is 0 Å². The van der Waals surface area contributed by atoms with Crippen LogP contribution in [0, 0.1) is 0 Å². The molecule has 0 spiro atoms. The maximum absolute atomic E-state index is 9.75. The number of anilines is 3. The van der Waals surface area contributed by atoms with Crippen molar-refractivity contribution >= 4 is 38.6 Å². The number of benzene rings is 9. The molecule has 9 rings (SSSR count). The summed E-state index contributed by atoms with van der Waals surface area (Å²) in [5.74, 6) is 0. The largest absolute Gasteiger partial charge is 0.310 e. The van der Waals surface area contributed by atoms with E-state index in [2.05, 4.69) is 12.1 Å². The average Bonchev–Trinajstić information content (AvgIpc) is 3.32. The summed E-state index contributed by atoms with van der Waals surface area (Å²) in [5, 5.41) is 3.69. The minimum Gasteiger partial charge on any atom is -0.310 e. The molecule has 1 heteroatoms. The third-order valence-corrected chi connectivity index (χ3v) is 8.89. The second kappa shape index (κ2) is 13.3. The maximum Gasteiger partial charge on any atom is 0.0651 e. The normalized spacial score (nSPS) is 14.7. The van der Waals surface area contributed by atoms with Crippen molar-refractivity contribution < 1.29 is 17.8 Å². The molecule has 0 unspecified atom stereocenters. The number of hydrogen-bond acceptors (Lipinski definition) is 1.